The number of hydrogen-bond acceptors (Lipinski definition) is 5. The number of carbonyl (C=O) groups excluding carboxylic acids is 1. The monoisotopic (exact) mass is 541 g/mol. The Hall–Kier alpha value is -3.07. The molecule has 1 aliphatic heterocycles. The Morgan fingerprint density at radius 2 is 1.70 bits per heavy atom. The third-order valence-electron chi connectivity index (χ3n) is 6.46. The molecule has 1 atom stereocenters. The molecule has 37 heavy (non-hydrogen) atoms. The lowest BCUT2D eigenvalue weighted by Crippen LogP contribution is -2.49. The van der Waals surface area contributed by atoms with Gasteiger partial charge in [-0.25, -0.2) is 8.42 Å². The van der Waals surface area contributed by atoms with E-state index < -0.39 is 10.0 Å². The molecule has 0 aliphatic carbocycles. The third kappa shape index (κ3) is 6.26. The predicted molar refractivity (Wildman–Crippen MR) is 148 cm³/mol. The summed E-state index contributed by atoms with van der Waals surface area (Å²) in [6, 6.07) is 19.3. The summed E-state index contributed by atoms with van der Waals surface area (Å²) in [6.07, 6.45) is 0.911. The number of benzene rings is 3. The number of para-hydroxylation sites is 1. The van der Waals surface area contributed by atoms with Gasteiger partial charge in [0.25, 0.3) is 5.91 Å². The standard InChI is InChI=1S/C28H32ClN3O4S/c1-4-21(3)36-23-8-5-7-22(19-23)28(33)30-26-10-6-9-25(29)27(26)31-15-17-32(18-16-31)37(34,35)24-13-11-20(2)12-14-24/h5-14,19,21H,4,15-18H2,1-3H3,(H,30,33). The van der Waals surface area contributed by atoms with Crippen LogP contribution >= 0.6 is 11.6 Å². The van der Waals surface area contributed by atoms with Crippen molar-refractivity contribution in [1.29, 1.82) is 0 Å². The summed E-state index contributed by atoms with van der Waals surface area (Å²) in [4.78, 5) is 15.4. The Morgan fingerprint density at radius 3 is 2.38 bits per heavy atom. The van der Waals surface area contributed by atoms with E-state index in [1.165, 1.54) is 4.31 Å². The van der Waals surface area contributed by atoms with Crippen LogP contribution in [0.1, 0.15) is 36.2 Å². The molecule has 1 unspecified atom stereocenters. The average Bonchev–Trinajstić information content (AvgIpc) is 2.89. The normalized spacial score (nSPS) is 15.3. The number of aryl methyl sites for hydroxylation is 1. The van der Waals surface area contributed by atoms with E-state index in [2.05, 4.69) is 5.32 Å². The van der Waals surface area contributed by atoms with E-state index >= 15 is 0 Å². The van der Waals surface area contributed by atoms with E-state index in [-0.39, 0.29) is 16.9 Å². The molecule has 0 spiro atoms. The van der Waals surface area contributed by atoms with Gasteiger partial charge in [-0.3, -0.25) is 4.79 Å². The highest BCUT2D eigenvalue weighted by Gasteiger charge is 2.30. The molecule has 196 valence electrons. The number of nitrogens with zero attached hydrogens (tertiary/aromatic N) is 2. The van der Waals surface area contributed by atoms with Crippen LogP contribution in [0.3, 0.4) is 0 Å². The number of carbonyl (C=O) groups is 1. The van der Waals surface area contributed by atoms with Crippen molar-refractivity contribution < 1.29 is 17.9 Å². The molecule has 0 radical (unpaired) electrons. The van der Waals surface area contributed by atoms with E-state index in [4.69, 9.17) is 16.3 Å². The van der Waals surface area contributed by atoms with E-state index in [1.54, 1.807) is 60.7 Å². The summed E-state index contributed by atoms with van der Waals surface area (Å²) in [5.41, 5.74) is 2.73. The van der Waals surface area contributed by atoms with Gasteiger partial charge in [-0.05, 0) is 62.7 Å². The molecule has 0 bridgehead atoms. The summed E-state index contributed by atoms with van der Waals surface area (Å²) in [7, 11) is -3.58. The van der Waals surface area contributed by atoms with E-state index in [0.29, 0.717) is 53.9 Å². The quantitative estimate of drug-likeness (QED) is 0.402. The Kier molecular flexibility index (Phi) is 8.42. The van der Waals surface area contributed by atoms with Crippen LogP contribution in [0.15, 0.2) is 71.6 Å². The number of amides is 1. The summed E-state index contributed by atoms with van der Waals surface area (Å²) in [5.74, 6) is 0.359. The fourth-order valence-electron chi connectivity index (χ4n) is 4.17. The number of anilines is 2. The van der Waals surface area contributed by atoms with Gasteiger partial charge in [-0.1, -0.05) is 48.4 Å². The first-order valence-electron chi connectivity index (χ1n) is 12.4. The van der Waals surface area contributed by atoms with Crippen molar-refractivity contribution in [2.75, 3.05) is 36.4 Å². The molecular formula is C28H32ClN3O4S. The number of sulfonamides is 1. The zero-order valence-corrected chi connectivity index (χ0v) is 22.8. The number of halogens is 1. The van der Waals surface area contributed by atoms with Crippen LogP contribution in [-0.2, 0) is 10.0 Å². The molecule has 4 rings (SSSR count). The molecule has 7 nitrogen and oxygen atoms in total. The molecule has 1 saturated heterocycles. The Bertz CT molecular complexity index is 1350. The van der Waals surface area contributed by atoms with Crippen LogP contribution in [0.2, 0.25) is 5.02 Å². The van der Waals surface area contributed by atoms with Crippen molar-refractivity contribution in [2.24, 2.45) is 0 Å². The maximum Gasteiger partial charge on any atom is 0.255 e. The molecule has 1 amide bonds. The lowest BCUT2D eigenvalue weighted by molar-refractivity contribution is 0.102. The molecule has 1 aliphatic rings. The second-order valence-electron chi connectivity index (χ2n) is 9.16. The number of rotatable bonds is 8. The number of piperazine rings is 1. The molecule has 0 aromatic heterocycles. The molecule has 3 aromatic rings. The molecular weight excluding hydrogens is 510 g/mol. The van der Waals surface area contributed by atoms with Crippen molar-refractivity contribution >= 4 is 38.9 Å². The lowest BCUT2D eigenvalue weighted by Gasteiger charge is -2.36. The minimum atomic E-state index is -3.58. The van der Waals surface area contributed by atoms with Crippen LogP contribution < -0.4 is 15.0 Å². The Labute approximate surface area is 224 Å². The first-order valence-corrected chi connectivity index (χ1v) is 14.2. The van der Waals surface area contributed by atoms with E-state index in [1.807, 2.05) is 31.7 Å². The highest BCUT2D eigenvalue weighted by atomic mass is 35.5. The number of ether oxygens (including phenoxy) is 1. The van der Waals surface area contributed by atoms with Crippen molar-refractivity contribution in [3.63, 3.8) is 0 Å². The average molecular weight is 542 g/mol. The highest BCUT2D eigenvalue weighted by molar-refractivity contribution is 7.89. The minimum Gasteiger partial charge on any atom is -0.491 e. The van der Waals surface area contributed by atoms with Gasteiger partial charge in [0.15, 0.2) is 0 Å². The van der Waals surface area contributed by atoms with Crippen molar-refractivity contribution in [3.8, 4) is 5.75 Å². The molecule has 3 aromatic carbocycles. The van der Waals surface area contributed by atoms with Gasteiger partial charge >= 0.3 is 0 Å². The third-order valence-corrected chi connectivity index (χ3v) is 8.67. The van der Waals surface area contributed by atoms with Gasteiger partial charge in [0.05, 0.1) is 27.4 Å². The van der Waals surface area contributed by atoms with Gasteiger partial charge < -0.3 is 15.0 Å². The van der Waals surface area contributed by atoms with Crippen molar-refractivity contribution in [3.05, 3.63) is 82.9 Å². The summed E-state index contributed by atoms with van der Waals surface area (Å²) in [6.45, 7) is 7.45. The Morgan fingerprint density at radius 1 is 1.03 bits per heavy atom. The minimum absolute atomic E-state index is 0.0475. The maximum absolute atomic E-state index is 13.1. The molecule has 9 heteroatoms. The number of hydrogen-bond donors (Lipinski definition) is 1. The Balaban J connectivity index is 1.49. The lowest BCUT2D eigenvalue weighted by atomic mass is 10.1. The maximum atomic E-state index is 13.1. The first kappa shape index (κ1) is 27.0. The fourth-order valence-corrected chi connectivity index (χ4v) is 5.89. The van der Waals surface area contributed by atoms with Gasteiger partial charge in [0.1, 0.15) is 5.75 Å². The van der Waals surface area contributed by atoms with Crippen LogP contribution in [0.4, 0.5) is 11.4 Å². The van der Waals surface area contributed by atoms with Crippen LogP contribution in [-0.4, -0.2) is 50.9 Å². The SMILES string of the molecule is CCC(C)Oc1cccc(C(=O)Nc2cccc(Cl)c2N2CCN(S(=O)(=O)c3ccc(C)cc3)CC2)c1. The zero-order chi connectivity index (χ0) is 26.6. The number of nitrogens with one attached hydrogen (secondary N) is 1. The van der Waals surface area contributed by atoms with Gasteiger partial charge in [0, 0.05) is 31.7 Å². The second-order valence-corrected chi connectivity index (χ2v) is 11.5. The zero-order valence-electron chi connectivity index (χ0n) is 21.3. The molecule has 1 heterocycles. The summed E-state index contributed by atoms with van der Waals surface area (Å²) >= 11 is 6.58. The fraction of sp³-hybridized carbons (Fsp3) is 0.321. The van der Waals surface area contributed by atoms with Gasteiger partial charge in [-0.15, -0.1) is 0 Å². The molecule has 1 fully saturated rings. The van der Waals surface area contributed by atoms with Crippen molar-refractivity contribution in [2.45, 2.75) is 38.2 Å². The smallest absolute Gasteiger partial charge is 0.255 e. The molecule has 1 N–H and O–H groups in total. The van der Waals surface area contributed by atoms with Gasteiger partial charge in [-0.2, -0.15) is 4.31 Å². The van der Waals surface area contributed by atoms with Crippen LogP contribution in [0.5, 0.6) is 5.75 Å². The predicted octanol–water partition coefficient (Wildman–Crippen LogP) is 5.59. The highest BCUT2D eigenvalue weighted by Crippen LogP contribution is 2.35. The largest absolute Gasteiger partial charge is 0.491 e. The van der Waals surface area contributed by atoms with Crippen LogP contribution in [0, 0.1) is 6.92 Å². The van der Waals surface area contributed by atoms with E-state index in [0.717, 1.165) is 12.0 Å². The van der Waals surface area contributed by atoms with Crippen molar-refractivity contribution in [1.82, 2.24) is 4.31 Å². The summed E-state index contributed by atoms with van der Waals surface area (Å²) in [5, 5.41) is 3.47. The van der Waals surface area contributed by atoms with Crippen LogP contribution in [0.25, 0.3) is 0 Å². The second kappa shape index (κ2) is 11.5. The molecule has 0 saturated carbocycles. The summed E-state index contributed by atoms with van der Waals surface area (Å²) < 4.78 is 33.6. The van der Waals surface area contributed by atoms with E-state index in [9.17, 15) is 13.2 Å². The van der Waals surface area contributed by atoms with Gasteiger partial charge in [0.2, 0.25) is 10.0 Å². The topological polar surface area (TPSA) is 79.0 Å². The first-order chi connectivity index (χ1) is 17.7.